The van der Waals surface area contributed by atoms with Gasteiger partial charge in [0.25, 0.3) is 0 Å². The number of hydrogen-bond acceptors (Lipinski definition) is 4. The van der Waals surface area contributed by atoms with E-state index in [9.17, 15) is 5.11 Å². The first-order valence-electron chi connectivity index (χ1n) is 8.02. The molecule has 0 saturated carbocycles. The molecule has 4 heteroatoms. The van der Waals surface area contributed by atoms with E-state index in [0.29, 0.717) is 12.5 Å². The molecule has 0 amide bonds. The number of nitrogens with zero attached hydrogens (tertiary/aromatic N) is 1. The lowest BCUT2D eigenvalue weighted by Gasteiger charge is -2.36. The molecule has 0 aromatic heterocycles. The second kappa shape index (κ2) is 6.71. The van der Waals surface area contributed by atoms with Gasteiger partial charge in [-0.2, -0.15) is 0 Å². The number of benzene rings is 1. The fraction of sp³-hybridized carbons (Fsp3) is 0.556. The highest BCUT2D eigenvalue weighted by Gasteiger charge is 2.30. The average Bonchev–Trinajstić information content (AvgIpc) is 2.54. The standard InChI is InChI=1S/C18H25NO3/c1-21-16-8-9-17(22-2)18-14(16)11-19(12-15(18)20)10-13-6-4-3-5-7-13/h3-4,8-9,13,15,20H,5-7,10-12H2,1-2H3. The lowest BCUT2D eigenvalue weighted by Crippen LogP contribution is -2.37. The Morgan fingerprint density at radius 2 is 1.95 bits per heavy atom. The predicted octanol–water partition coefficient (Wildman–Crippen LogP) is 2.91. The second-order valence-electron chi connectivity index (χ2n) is 6.22. The summed E-state index contributed by atoms with van der Waals surface area (Å²) in [7, 11) is 3.33. The molecule has 4 nitrogen and oxygen atoms in total. The van der Waals surface area contributed by atoms with Gasteiger partial charge in [-0.25, -0.2) is 0 Å². The molecule has 1 N–H and O–H groups in total. The van der Waals surface area contributed by atoms with Crippen LogP contribution in [0.5, 0.6) is 11.5 Å². The van der Waals surface area contributed by atoms with Gasteiger partial charge in [-0.1, -0.05) is 12.2 Å². The summed E-state index contributed by atoms with van der Waals surface area (Å²) in [5.41, 5.74) is 1.95. The van der Waals surface area contributed by atoms with Crippen molar-refractivity contribution in [1.82, 2.24) is 4.90 Å². The van der Waals surface area contributed by atoms with E-state index in [1.807, 2.05) is 12.1 Å². The molecule has 0 radical (unpaired) electrons. The van der Waals surface area contributed by atoms with E-state index in [-0.39, 0.29) is 0 Å². The number of aliphatic hydroxyl groups excluding tert-OH is 1. The van der Waals surface area contributed by atoms with Crippen molar-refractivity contribution in [2.24, 2.45) is 5.92 Å². The van der Waals surface area contributed by atoms with Crippen molar-refractivity contribution in [2.45, 2.75) is 31.9 Å². The van der Waals surface area contributed by atoms with Gasteiger partial charge in [0.1, 0.15) is 11.5 Å². The molecule has 1 aromatic rings. The maximum absolute atomic E-state index is 10.6. The molecule has 1 heterocycles. The highest BCUT2D eigenvalue weighted by Crippen LogP contribution is 2.39. The number of β-amino-alcohol motifs (C(OH)–C–C–N with tert-alkyl or cyclic N) is 1. The average molecular weight is 303 g/mol. The number of rotatable bonds is 4. The Balaban J connectivity index is 1.83. The third-order valence-corrected chi connectivity index (χ3v) is 4.75. The molecule has 2 aliphatic rings. The third kappa shape index (κ3) is 2.99. The van der Waals surface area contributed by atoms with Gasteiger partial charge in [0.05, 0.1) is 20.3 Å². The summed E-state index contributed by atoms with van der Waals surface area (Å²) in [5.74, 6) is 2.28. The van der Waals surface area contributed by atoms with Crippen LogP contribution in [-0.2, 0) is 6.54 Å². The Hall–Kier alpha value is -1.52. The van der Waals surface area contributed by atoms with Gasteiger partial charge in [-0.3, -0.25) is 4.90 Å². The Bertz CT molecular complexity index is 556. The number of ether oxygens (including phenoxy) is 2. The Morgan fingerprint density at radius 3 is 2.64 bits per heavy atom. The third-order valence-electron chi connectivity index (χ3n) is 4.75. The van der Waals surface area contributed by atoms with Gasteiger partial charge in [0.15, 0.2) is 0 Å². The molecule has 1 aromatic carbocycles. The van der Waals surface area contributed by atoms with E-state index in [1.54, 1.807) is 14.2 Å². The molecule has 120 valence electrons. The first-order valence-corrected chi connectivity index (χ1v) is 8.02. The van der Waals surface area contributed by atoms with Crippen LogP contribution in [0.1, 0.15) is 36.5 Å². The first-order chi connectivity index (χ1) is 10.7. The zero-order chi connectivity index (χ0) is 15.5. The fourth-order valence-corrected chi connectivity index (χ4v) is 3.67. The smallest absolute Gasteiger partial charge is 0.125 e. The van der Waals surface area contributed by atoms with Gasteiger partial charge in [-0.05, 0) is 37.3 Å². The van der Waals surface area contributed by atoms with E-state index < -0.39 is 6.10 Å². The van der Waals surface area contributed by atoms with E-state index in [0.717, 1.165) is 42.1 Å². The summed E-state index contributed by atoms with van der Waals surface area (Å²) in [6.45, 7) is 2.50. The molecule has 22 heavy (non-hydrogen) atoms. The van der Waals surface area contributed by atoms with Gasteiger partial charge < -0.3 is 14.6 Å². The number of aliphatic hydroxyl groups is 1. The SMILES string of the molecule is COc1ccc(OC)c2c1CN(CC1CC=CCC1)CC2O. The summed E-state index contributed by atoms with van der Waals surface area (Å²) in [4.78, 5) is 2.35. The van der Waals surface area contributed by atoms with Gasteiger partial charge in [0, 0.05) is 30.8 Å². The monoisotopic (exact) mass is 303 g/mol. The second-order valence-corrected chi connectivity index (χ2v) is 6.22. The quantitative estimate of drug-likeness (QED) is 0.869. The lowest BCUT2D eigenvalue weighted by molar-refractivity contribution is 0.0775. The van der Waals surface area contributed by atoms with Crippen molar-refractivity contribution < 1.29 is 14.6 Å². The van der Waals surface area contributed by atoms with Crippen LogP contribution in [0.4, 0.5) is 0 Å². The van der Waals surface area contributed by atoms with Crippen LogP contribution < -0.4 is 9.47 Å². The van der Waals surface area contributed by atoms with Crippen molar-refractivity contribution >= 4 is 0 Å². The molecule has 0 saturated heterocycles. The number of methoxy groups -OCH3 is 2. The van der Waals surface area contributed by atoms with Crippen molar-refractivity contribution in [3.05, 3.63) is 35.4 Å². The number of hydrogen-bond donors (Lipinski definition) is 1. The zero-order valence-electron chi connectivity index (χ0n) is 13.4. The van der Waals surface area contributed by atoms with Crippen LogP contribution in [0.25, 0.3) is 0 Å². The molecule has 2 unspecified atom stereocenters. The topological polar surface area (TPSA) is 41.9 Å². The summed E-state index contributed by atoms with van der Waals surface area (Å²) >= 11 is 0. The maximum atomic E-state index is 10.6. The maximum Gasteiger partial charge on any atom is 0.125 e. The highest BCUT2D eigenvalue weighted by molar-refractivity contribution is 5.51. The predicted molar refractivity (Wildman–Crippen MR) is 86.3 cm³/mol. The molecule has 0 spiro atoms. The van der Waals surface area contributed by atoms with E-state index in [4.69, 9.17) is 9.47 Å². The Kier molecular flexibility index (Phi) is 4.69. The molecular formula is C18H25NO3. The molecular weight excluding hydrogens is 278 g/mol. The van der Waals surface area contributed by atoms with Crippen LogP contribution in [0.15, 0.2) is 24.3 Å². The van der Waals surface area contributed by atoms with Crippen LogP contribution in [0.2, 0.25) is 0 Å². The van der Waals surface area contributed by atoms with Crippen molar-refractivity contribution in [3.8, 4) is 11.5 Å². The highest BCUT2D eigenvalue weighted by atomic mass is 16.5. The lowest BCUT2D eigenvalue weighted by atomic mass is 9.91. The van der Waals surface area contributed by atoms with Crippen LogP contribution >= 0.6 is 0 Å². The minimum Gasteiger partial charge on any atom is -0.496 e. The zero-order valence-corrected chi connectivity index (χ0v) is 13.4. The van der Waals surface area contributed by atoms with Gasteiger partial charge >= 0.3 is 0 Å². The number of allylic oxidation sites excluding steroid dienone is 2. The molecule has 3 rings (SSSR count). The molecule has 1 aliphatic heterocycles. The van der Waals surface area contributed by atoms with Crippen LogP contribution in [-0.4, -0.2) is 37.3 Å². The summed E-state index contributed by atoms with van der Waals surface area (Å²) in [6, 6.07) is 3.81. The normalized spacial score (nSPS) is 24.9. The summed E-state index contributed by atoms with van der Waals surface area (Å²) in [5, 5.41) is 10.6. The first kappa shape index (κ1) is 15.4. The van der Waals surface area contributed by atoms with Crippen molar-refractivity contribution in [2.75, 3.05) is 27.3 Å². The summed E-state index contributed by atoms with van der Waals surface area (Å²) in [6.07, 6.45) is 7.60. The minimum atomic E-state index is -0.520. The van der Waals surface area contributed by atoms with Crippen molar-refractivity contribution in [3.63, 3.8) is 0 Å². The van der Waals surface area contributed by atoms with E-state index in [1.165, 1.54) is 12.8 Å². The van der Waals surface area contributed by atoms with Gasteiger partial charge in [0.2, 0.25) is 0 Å². The van der Waals surface area contributed by atoms with Crippen LogP contribution in [0.3, 0.4) is 0 Å². The van der Waals surface area contributed by atoms with Crippen LogP contribution in [0, 0.1) is 5.92 Å². The Morgan fingerprint density at radius 1 is 1.18 bits per heavy atom. The number of fused-ring (bicyclic) bond motifs is 1. The van der Waals surface area contributed by atoms with Gasteiger partial charge in [-0.15, -0.1) is 0 Å². The van der Waals surface area contributed by atoms with E-state index >= 15 is 0 Å². The van der Waals surface area contributed by atoms with Crippen molar-refractivity contribution in [1.29, 1.82) is 0 Å². The van der Waals surface area contributed by atoms with E-state index in [2.05, 4.69) is 17.1 Å². The molecule has 1 aliphatic carbocycles. The largest absolute Gasteiger partial charge is 0.496 e. The molecule has 2 atom stereocenters. The molecule has 0 fully saturated rings. The summed E-state index contributed by atoms with van der Waals surface area (Å²) < 4.78 is 10.9. The molecule has 0 bridgehead atoms. The fourth-order valence-electron chi connectivity index (χ4n) is 3.67. The minimum absolute atomic E-state index is 0.520. The Labute approximate surface area is 132 Å².